The average molecular weight is 131 g/mol. The predicted molar refractivity (Wildman–Crippen MR) is 41.5 cm³/mol. The van der Waals surface area contributed by atoms with E-state index in [1.807, 2.05) is 13.5 Å². The molecule has 1 nitrogen and oxygen atoms in total. The molecule has 1 aromatic carbocycles. The van der Waals surface area contributed by atoms with Crippen LogP contribution in [-0.4, -0.2) is 14.1 Å². The first-order valence-corrected chi connectivity index (χ1v) is 3.49. The fraction of sp³-hybridized carbons (Fsp3) is 0.250. The van der Waals surface area contributed by atoms with Gasteiger partial charge in [-0.25, -0.2) is 0 Å². The quantitative estimate of drug-likeness (QED) is 0.466. The van der Waals surface area contributed by atoms with Crippen molar-refractivity contribution < 1.29 is 4.65 Å². The molecule has 0 aromatic heterocycles. The van der Waals surface area contributed by atoms with Crippen LogP contribution in [0.4, 0.5) is 0 Å². The van der Waals surface area contributed by atoms with E-state index < -0.39 is 0 Å². The number of fused-ring (bicyclic) bond motifs is 1. The lowest BCUT2D eigenvalue weighted by molar-refractivity contribution is 0.339. The molecular weight excluding hydrogens is 123 g/mol. The Morgan fingerprint density at radius 1 is 1.30 bits per heavy atom. The summed E-state index contributed by atoms with van der Waals surface area (Å²) in [7, 11) is 1.83. The Bertz CT molecular complexity index is 209. The van der Waals surface area contributed by atoms with Gasteiger partial charge in [-0.3, -0.25) is 0 Å². The summed E-state index contributed by atoms with van der Waals surface area (Å²) in [6, 6.07) is 8.32. The first-order chi connectivity index (χ1) is 4.97. The fourth-order valence-electron chi connectivity index (χ4n) is 1.19. The Morgan fingerprint density at radius 2 is 2.20 bits per heavy atom. The molecule has 0 spiro atoms. The SMILES string of the molecule is [B]1OCCc2ccccc21. The third-order valence-corrected chi connectivity index (χ3v) is 1.75. The van der Waals surface area contributed by atoms with Crippen LogP contribution in [0.25, 0.3) is 0 Å². The summed E-state index contributed by atoms with van der Waals surface area (Å²) in [5.74, 6) is 0. The molecule has 2 rings (SSSR count). The van der Waals surface area contributed by atoms with Gasteiger partial charge in [0, 0.05) is 6.61 Å². The van der Waals surface area contributed by atoms with E-state index in [1.54, 1.807) is 0 Å². The fourth-order valence-corrected chi connectivity index (χ4v) is 1.19. The molecule has 0 saturated carbocycles. The van der Waals surface area contributed by atoms with E-state index in [1.165, 1.54) is 11.0 Å². The normalized spacial score (nSPS) is 15.6. The van der Waals surface area contributed by atoms with Gasteiger partial charge in [-0.1, -0.05) is 29.7 Å². The Kier molecular flexibility index (Phi) is 1.48. The van der Waals surface area contributed by atoms with Crippen LogP contribution in [0, 0.1) is 0 Å². The predicted octanol–water partition coefficient (Wildman–Crippen LogP) is 0.504. The van der Waals surface area contributed by atoms with Crippen LogP contribution in [-0.2, 0) is 11.1 Å². The Balaban J connectivity index is 2.41. The Labute approximate surface area is 61.3 Å². The van der Waals surface area contributed by atoms with E-state index in [2.05, 4.69) is 18.2 Å². The van der Waals surface area contributed by atoms with Crippen LogP contribution in [0.1, 0.15) is 5.56 Å². The molecule has 1 aliphatic heterocycles. The molecule has 49 valence electrons. The van der Waals surface area contributed by atoms with Crippen molar-refractivity contribution >= 4 is 12.9 Å². The van der Waals surface area contributed by atoms with Gasteiger partial charge in [-0.05, 0) is 12.0 Å². The monoisotopic (exact) mass is 131 g/mol. The third kappa shape index (κ3) is 0.950. The van der Waals surface area contributed by atoms with E-state index >= 15 is 0 Å². The number of hydrogen-bond donors (Lipinski definition) is 0. The van der Waals surface area contributed by atoms with Crippen molar-refractivity contribution in [1.82, 2.24) is 0 Å². The molecule has 1 radical (unpaired) electrons. The zero-order valence-corrected chi connectivity index (χ0v) is 5.71. The number of benzene rings is 1. The van der Waals surface area contributed by atoms with Crippen molar-refractivity contribution in [3.05, 3.63) is 29.8 Å². The molecule has 0 aliphatic carbocycles. The molecular formula is C8H8BO. The van der Waals surface area contributed by atoms with Crippen molar-refractivity contribution in [2.45, 2.75) is 6.42 Å². The summed E-state index contributed by atoms with van der Waals surface area (Å²) in [4.78, 5) is 0. The lowest BCUT2D eigenvalue weighted by atomic mass is 9.81. The maximum atomic E-state index is 5.17. The van der Waals surface area contributed by atoms with Crippen LogP contribution in [0.5, 0.6) is 0 Å². The molecule has 0 amide bonds. The minimum absolute atomic E-state index is 0.830. The zero-order valence-electron chi connectivity index (χ0n) is 5.71. The van der Waals surface area contributed by atoms with Gasteiger partial charge in [-0.2, -0.15) is 0 Å². The highest BCUT2D eigenvalue weighted by Gasteiger charge is 2.08. The van der Waals surface area contributed by atoms with Gasteiger partial charge < -0.3 is 4.65 Å². The van der Waals surface area contributed by atoms with Gasteiger partial charge in [0.05, 0.1) is 0 Å². The molecule has 0 saturated heterocycles. The smallest absolute Gasteiger partial charge is 0.330 e. The van der Waals surface area contributed by atoms with E-state index in [0.717, 1.165) is 13.0 Å². The molecule has 1 aliphatic rings. The molecule has 0 unspecified atom stereocenters. The molecule has 10 heavy (non-hydrogen) atoms. The second-order valence-corrected chi connectivity index (χ2v) is 2.44. The van der Waals surface area contributed by atoms with Crippen LogP contribution < -0.4 is 5.46 Å². The second-order valence-electron chi connectivity index (χ2n) is 2.44. The summed E-state index contributed by atoms with van der Waals surface area (Å²) in [5, 5.41) is 0. The average Bonchev–Trinajstić information content (AvgIpc) is 2.05. The van der Waals surface area contributed by atoms with E-state index in [9.17, 15) is 0 Å². The summed E-state index contributed by atoms with van der Waals surface area (Å²) < 4.78 is 5.17. The van der Waals surface area contributed by atoms with Crippen molar-refractivity contribution in [3.8, 4) is 0 Å². The highest BCUT2D eigenvalue weighted by molar-refractivity contribution is 6.48. The maximum Gasteiger partial charge on any atom is 0.330 e. The number of rotatable bonds is 0. The summed E-state index contributed by atoms with van der Waals surface area (Å²) in [6.07, 6.45) is 1.05. The van der Waals surface area contributed by atoms with E-state index in [4.69, 9.17) is 4.65 Å². The minimum Gasteiger partial charge on any atom is -0.434 e. The van der Waals surface area contributed by atoms with Crippen LogP contribution in [0.15, 0.2) is 24.3 Å². The van der Waals surface area contributed by atoms with Crippen LogP contribution in [0.3, 0.4) is 0 Å². The van der Waals surface area contributed by atoms with Crippen molar-refractivity contribution in [2.24, 2.45) is 0 Å². The minimum atomic E-state index is 0.830. The highest BCUT2D eigenvalue weighted by Crippen LogP contribution is 2.01. The van der Waals surface area contributed by atoms with Crippen LogP contribution >= 0.6 is 0 Å². The molecule has 1 aromatic rings. The van der Waals surface area contributed by atoms with Gasteiger partial charge in [0.25, 0.3) is 0 Å². The van der Waals surface area contributed by atoms with Gasteiger partial charge in [0.15, 0.2) is 0 Å². The van der Waals surface area contributed by atoms with Gasteiger partial charge >= 0.3 is 7.48 Å². The lowest BCUT2D eigenvalue weighted by Gasteiger charge is -2.13. The van der Waals surface area contributed by atoms with E-state index in [-0.39, 0.29) is 0 Å². The van der Waals surface area contributed by atoms with Crippen LogP contribution in [0.2, 0.25) is 0 Å². The van der Waals surface area contributed by atoms with Crippen molar-refractivity contribution in [3.63, 3.8) is 0 Å². The molecule has 2 heteroatoms. The topological polar surface area (TPSA) is 9.23 Å². The molecule has 0 atom stereocenters. The summed E-state index contributed by atoms with van der Waals surface area (Å²) in [6.45, 7) is 0.830. The van der Waals surface area contributed by atoms with Gasteiger partial charge in [-0.15, -0.1) is 0 Å². The van der Waals surface area contributed by atoms with Gasteiger partial charge in [0.1, 0.15) is 0 Å². The largest absolute Gasteiger partial charge is 0.434 e. The standard InChI is InChI=1S/C8H8BO/c1-2-4-8-7(3-1)5-6-10-9-8/h1-4H,5-6H2. The Morgan fingerprint density at radius 3 is 3.10 bits per heavy atom. The molecule has 0 bridgehead atoms. The zero-order chi connectivity index (χ0) is 6.81. The van der Waals surface area contributed by atoms with Gasteiger partial charge in [0.2, 0.25) is 0 Å². The maximum absolute atomic E-state index is 5.17. The van der Waals surface area contributed by atoms with E-state index in [0.29, 0.717) is 0 Å². The van der Waals surface area contributed by atoms with Crippen molar-refractivity contribution in [1.29, 1.82) is 0 Å². The van der Waals surface area contributed by atoms with Crippen molar-refractivity contribution in [2.75, 3.05) is 6.61 Å². The molecule has 0 fully saturated rings. The highest BCUT2D eigenvalue weighted by atomic mass is 16.4. The third-order valence-electron chi connectivity index (χ3n) is 1.75. The molecule has 1 heterocycles. The number of hydrogen-bond acceptors (Lipinski definition) is 1. The first kappa shape index (κ1) is 5.99. The Hall–Kier alpha value is -0.755. The molecule has 0 N–H and O–H groups in total. The summed E-state index contributed by atoms with van der Waals surface area (Å²) >= 11 is 0. The summed E-state index contributed by atoms with van der Waals surface area (Å²) in [5.41, 5.74) is 2.63. The first-order valence-electron chi connectivity index (χ1n) is 3.49. The second kappa shape index (κ2) is 2.47. The lowest BCUT2D eigenvalue weighted by Crippen LogP contribution is -2.28.